The van der Waals surface area contributed by atoms with Gasteiger partial charge in [0, 0.05) is 26.2 Å². The summed E-state index contributed by atoms with van der Waals surface area (Å²) in [5, 5.41) is 13.6. The number of aliphatic hydroxyl groups is 1. The molecule has 3 rings (SSSR count). The maximum Gasteiger partial charge on any atom is 0.389 e. The van der Waals surface area contributed by atoms with E-state index in [0.717, 1.165) is 5.56 Å². The van der Waals surface area contributed by atoms with Crippen LogP contribution in [0.4, 0.5) is 0 Å². The van der Waals surface area contributed by atoms with Gasteiger partial charge in [0.05, 0.1) is 6.10 Å². The van der Waals surface area contributed by atoms with Crippen molar-refractivity contribution in [2.75, 3.05) is 19.6 Å². The Balaban J connectivity index is 1.76. The zero-order valence-corrected chi connectivity index (χ0v) is 17.5. The molecule has 29 heavy (non-hydrogen) atoms. The third-order valence-electron chi connectivity index (χ3n) is 4.34. The van der Waals surface area contributed by atoms with Crippen LogP contribution in [0.3, 0.4) is 0 Å². The van der Waals surface area contributed by atoms with Gasteiger partial charge in [0.1, 0.15) is 0 Å². The topological polar surface area (TPSA) is 99.1 Å². The van der Waals surface area contributed by atoms with Gasteiger partial charge < -0.3 is 19.3 Å². The Hall–Kier alpha value is -2.10. The molecule has 3 N–H and O–H groups in total. The highest BCUT2D eigenvalue weighted by Gasteiger charge is 2.25. The zero-order valence-electron chi connectivity index (χ0n) is 16.7. The van der Waals surface area contributed by atoms with Crippen LogP contribution >= 0.6 is 0 Å². The van der Waals surface area contributed by atoms with E-state index in [1.807, 2.05) is 44.2 Å². The predicted molar refractivity (Wildman–Crippen MR) is 113 cm³/mol. The average Bonchev–Trinajstić information content (AvgIpc) is 3.13. The molecule has 0 aliphatic carbocycles. The van der Waals surface area contributed by atoms with Crippen LogP contribution in [0.25, 0.3) is 11.2 Å². The number of rotatable bonds is 9. The number of hydrogen-bond acceptors (Lipinski definition) is 5. The molecule has 0 aliphatic rings. The van der Waals surface area contributed by atoms with Crippen molar-refractivity contribution in [3.05, 3.63) is 65.1 Å². The quantitative estimate of drug-likeness (QED) is 0.459. The summed E-state index contributed by atoms with van der Waals surface area (Å²) in [4.78, 5) is -0.358. The van der Waals surface area contributed by atoms with Crippen molar-refractivity contribution in [2.24, 2.45) is 5.92 Å². The first-order chi connectivity index (χ1) is 13.9. The summed E-state index contributed by atoms with van der Waals surface area (Å²) < 4.78 is 36.3. The summed E-state index contributed by atoms with van der Waals surface area (Å²) in [5.74, 6) is 0.108. The number of hydrogen-bond donors (Lipinski definition) is 3. The zero-order chi connectivity index (χ0) is 20.9. The van der Waals surface area contributed by atoms with Gasteiger partial charge >= 0.3 is 4.90 Å². The lowest BCUT2D eigenvalue weighted by Gasteiger charge is -2.25. The number of fused-ring (bicyclic) bond motifs is 1. The molecule has 8 heteroatoms. The Labute approximate surface area is 170 Å². The first-order valence-electron chi connectivity index (χ1n) is 9.62. The van der Waals surface area contributed by atoms with Crippen LogP contribution in [0, 0.1) is 10.8 Å². The van der Waals surface area contributed by atoms with Crippen molar-refractivity contribution >= 4 is 21.2 Å². The molecule has 0 radical (unpaired) electrons. The highest BCUT2D eigenvalue weighted by molar-refractivity contribution is 7.87. The van der Waals surface area contributed by atoms with Gasteiger partial charge in [0.15, 0.2) is 11.2 Å². The molecule has 0 saturated heterocycles. The van der Waals surface area contributed by atoms with Gasteiger partial charge in [-0.1, -0.05) is 56.3 Å². The fraction of sp³-hybridized carbons (Fsp3) is 0.381. The minimum Gasteiger partial charge on any atom is -0.413 e. The highest BCUT2D eigenvalue weighted by atomic mass is 32.2. The Morgan fingerprint density at radius 1 is 1.00 bits per heavy atom. The van der Waals surface area contributed by atoms with Crippen molar-refractivity contribution in [3.8, 4) is 0 Å². The van der Waals surface area contributed by atoms with E-state index in [-0.39, 0.29) is 23.9 Å². The second kappa shape index (κ2) is 9.60. The van der Waals surface area contributed by atoms with E-state index >= 15 is 0 Å². The highest BCUT2D eigenvalue weighted by Crippen LogP contribution is 2.19. The minimum atomic E-state index is -3.77. The number of para-hydroxylation sites is 2. The van der Waals surface area contributed by atoms with Crippen LogP contribution in [0.15, 0.2) is 63.4 Å². The third-order valence-corrected chi connectivity index (χ3v) is 5.94. The molecular formula is C21H28N2O5S. The molecule has 7 nitrogen and oxygen atoms in total. The Kier molecular flexibility index (Phi) is 7.15. The molecule has 0 bridgehead atoms. The predicted octanol–water partition coefficient (Wildman–Crippen LogP) is 3.34. The van der Waals surface area contributed by atoms with Crippen molar-refractivity contribution in [1.82, 2.24) is 9.62 Å². The summed E-state index contributed by atoms with van der Waals surface area (Å²) in [6, 6.07) is 16.7. The standard InChI is InChI=1S/C21H28N2O5S/c1-16(2)14-23(15-18(24)13-22-12-17-8-4-3-5-9-17)29(25,26)21-27-19-10-6-7-11-20(19)28-21/h3-11,16,18,22,24H,12-15H2,1-2H3,(H,25,26)/t18-/m1/s1. The number of aliphatic hydroxyl groups excluding tert-OH is 1. The van der Waals surface area contributed by atoms with E-state index < -0.39 is 16.1 Å². The SMILES string of the molecule is CC(C)CN(C[C@H](O)CNCc1ccccc1)S(=O)(O)=c1oc2ccccc2o1. The average molecular weight is 421 g/mol. The van der Waals surface area contributed by atoms with Gasteiger partial charge in [-0.25, -0.2) is 8.51 Å². The van der Waals surface area contributed by atoms with Crippen molar-refractivity contribution < 1.29 is 22.7 Å². The van der Waals surface area contributed by atoms with Crippen LogP contribution in [-0.4, -0.2) is 43.9 Å². The van der Waals surface area contributed by atoms with Gasteiger partial charge in [-0.2, -0.15) is 0 Å². The molecule has 0 fully saturated rings. The Morgan fingerprint density at radius 2 is 1.59 bits per heavy atom. The molecule has 0 spiro atoms. The lowest BCUT2D eigenvalue weighted by atomic mass is 10.2. The van der Waals surface area contributed by atoms with Crippen LogP contribution < -0.4 is 5.32 Å². The van der Waals surface area contributed by atoms with Gasteiger partial charge in [0.25, 0.3) is 0 Å². The van der Waals surface area contributed by atoms with E-state index in [1.165, 1.54) is 4.31 Å². The van der Waals surface area contributed by atoms with Crippen molar-refractivity contribution in [1.29, 1.82) is 0 Å². The number of benzene rings is 2. The minimum absolute atomic E-state index is 0.00185. The summed E-state index contributed by atoms with van der Waals surface area (Å²) in [5.41, 5.74) is 1.91. The maximum atomic E-state index is 13.2. The van der Waals surface area contributed by atoms with Crippen molar-refractivity contribution in [2.45, 2.75) is 26.5 Å². The summed E-state index contributed by atoms with van der Waals surface area (Å²) in [6.45, 7) is 5.09. The molecule has 1 unspecified atom stereocenters. The van der Waals surface area contributed by atoms with E-state index in [1.54, 1.807) is 24.3 Å². The second-order valence-electron chi connectivity index (χ2n) is 7.41. The molecule has 0 amide bonds. The van der Waals surface area contributed by atoms with E-state index in [9.17, 15) is 13.9 Å². The Bertz CT molecular complexity index is 1030. The molecule has 158 valence electrons. The summed E-state index contributed by atoms with van der Waals surface area (Å²) >= 11 is 0. The van der Waals surface area contributed by atoms with E-state index in [0.29, 0.717) is 24.3 Å². The fourth-order valence-corrected chi connectivity index (χ4v) is 4.48. The van der Waals surface area contributed by atoms with Crippen molar-refractivity contribution in [3.63, 3.8) is 0 Å². The molecule has 0 aliphatic heterocycles. The fourth-order valence-electron chi connectivity index (χ4n) is 3.00. The smallest absolute Gasteiger partial charge is 0.389 e. The molecular weight excluding hydrogens is 392 g/mol. The molecule has 2 atom stereocenters. The van der Waals surface area contributed by atoms with Crippen LogP contribution in [-0.2, 0) is 16.5 Å². The molecule has 2 aromatic carbocycles. The normalized spacial score (nSPS) is 15.1. The van der Waals surface area contributed by atoms with Crippen LogP contribution in [0.2, 0.25) is 0 Å². The molecule has 1 heterocycles. The van der Waals surface area contributed by atoms with Gasteiger partial charge in [-0.15, -0.1) is 0 Å². The molecule has 1 aromatic heterocycles. The second-order valence-corrected chi connectivity index (χ2v) is 9.25. The molecule has 3 aromatic rings. The van der Waals surface area contributed by atoms with E-state index in [4.69, 9.17) is 8.83 Å². The van der Waals surface area contributed by atoms with Crippen LogP contribution in [0.1, 0.15) is 19.4 Å². The largest absolute Gasteiger partial charge is 0.413 e. The summed E-state index contributed by atoms with van der Waals surface area (Å²) in [6.07, 6.45) is -0.838. The van der Waals surface area contributed by atoms with E-state index in [2.05, 4.69) is 5.32 Å². The third kappa shape index (κ3) is 5.71. The lowest BCUT2D eigenvalue weighted by molar-refractivity contribution is 0.137. The first-order valence-corrected chi connectivity index (χ1v) is 11.1. The van der Waals surface area contributed by atoms with Gasteiger partial charge in [-0.05, 0) is 23.6 Å². The first kappa shape index (κ1) is 21.6. The summed E-state index contributed by atoms with van der Waals surface area (Å²) in [7, 11) is -3.77. The lowest BCUT2D eigenvalue weighted by Crippen LogP contribution is -2.42. The van der Waals surface area contributed by atoms with Gasteiger partial charge in [-0.3, -0.25) is 4.55 Å². The number of nitrogens with zero attached hydrogens (tertiary/aromatic N) is 1. The van der Waals surface area contributed by atoms with Gasteiger partial charge in [0.2, 0.25) is 9.99 Å². The maximum absolute atomic E-state index is 13.2. The molecule has 0 saturated carbocycles. The number of nitrogens with one attached hydrogen (secondary N) is 1. The van der Waals surface area contributed by atoms with Crippen LogP contribution in [0.5, 0.6) is 0 Å². The Morgan fingerprint density at radius 3 is 2.17 bits per heavy atom. The monoisotopic (exact) mass is 420 g/mol.